The fraction of sp³-hybridized carbons (Fsp3) is 0.125. The Morgan fingerprint density at radius 2 is 2.31 bits per heavy atom. The van der Waals surface area contributed by atoms with Crippen molar-refractivity contribution in [3.63, 3.8) is 0 Å². The summed E-state index contributed by atoms with van der Waals surface area (Å²) >= 11 is 0. The van der Waals surface area contributed by atoms with Gasteiger partial charge in [-0.1, -0.05) is 0 Å². The molecule has 1 rings (SSSR count). The van der Waals surface area contributed by atoms with Crippen molar-refractivity contribution in [2.75, 3.05) is 12.5 Å². The van der Waals surface area contributed by atoms with E-state index in [2.05, 4.69) is 5.43 Å². The molecule has 0 aliphatic rings. The molecule has 0 aliphatic carbocycles. The average molecular weight is 182 g/mol. The van der Waals surface area contributed by atoms with E-state index in [1.165, 1.54) is 19.2 Å². The summed E-state index contributed by atoms with van der Waals surface area (Å²) in [7, 11) is 1.48. The first-order chi connectivity index (χ1) is 6.19. The standard InChI is InChI=1S/C8H10N2O3/c1-13-7-3-2-5(8(11)12)4-6(7)10-9/h2-4,10H,9H2,1H3,(H,11,12). The minimum Gasteiger partial charge on any atom is -0.495 e. The lowest BCUT2D eigenvalue weighted by Gasteiger charge is -2.07. The van der Waals surface area contributed by atoms with Crippen LogP contribution in [0, 0.1) is 0 Å². The molecule has 0 spiro atoms. The van der Waals surface area contributed by atoms with E-state index in [0.717, 1.165) is 0 Å². The van der Waals surface area contributed by atoms with Gasteiger partial charge in [-0.2, -0.15) is 0 Å². The quantitative estimate of drug-likeness (QED) is 0.472. The third-order valence-electron chi connectivity index (χ3n) is 1.60. The number of aromatic carboxylic acids is 1. The average Bonchev–Trinajstić information content (AvgIpc) is 2.16. The van der Waals surface area contributed by atoms with Crippen LogP contribution in [-0.2, 0) is 0 Å². The molecule has 0 unspecified atom stereocenters. The van der Waals surface area contributed by atoms with Crippen LogP contribution in [0.25, 0.3) is 0 Å². The van der Waals surface area contributed by atoms with E-state index in [-0.39, 0.29) is 5.56 Å². The van der Waals surface area contributed by atoms with Gasteiger partial charge in [-0.05, 0) is 18.2 Å². The second-order valence-corrected chi connectivity index (χ2v) is 2.36. The molecule has 0 atom stereocenters. The molecule has 13 heavy (non-hydrogen) atoms. The van der Waals surface area contributed by atoms with Gasteiger partial charge in [0, 0.05) is 0 Å². The van der Waals surface area contributed by atoms with Gasteiger partial charge in [-0.3, -0.25) is 5.84 Å². The van der Waals surface area contributed by atoms with E-state index in [4.69, 9.17) is 15.7 Å². The first-order valence-electron chi connectivity index (χ1n) is 3.57. The van der Waals surface area contributed by atoms with E-state index in [9.17, 15) is 4.79 Å². The number of benzene rings is 1. The minimum absolute atomic E-state index is 0.161. The van der Waals surface area contributed by atoms with Crippen LogP contribution in [-0.4, -0.2) is 18.2 Å². The summed E-state index contributed by atoms with van der Waals surface area (Å²) in [6.45, 7) is 0. The van der Waals surface area contributed by atoms with E-state index < -0.39 is 5.97 Å². The van der Waals surface area contributed by atoms with Gasteiger partial charge in [0.2, 0.25) is 0 Å². The number of nitrogens with one attached hydrogen (secondary N) is 1. The molecule has 0 fully saturated rings. The Bertz CT molecular complexity index is 325. The number of anilines is 1. The summed E-state index contributed by atoms with van der Waals surface area (Å²) in [5.41, 5.74) is 2.96. The topological polar surface area (TPSA) is 84.6 Å². The highest BCUT2D eigenvalue weighted by atomic mass is 16.5. The Morgan fingerprint density at radius 1 is 1.62 bits per heavy atom. The molecule has 4 N–H and O–H groups in total. The minimum atomic E-state index is -1.00. The predicted octanol–water partition coefficient (Wildman–Crippen LogP) is 0.679. The zero-order valence-corrected chi connectivity index (χ0v) is 7.07. The summed E-state index contributed by atoms with van der Waals surface area (Å²) in [4.78, 5) is 10.6. The van der Waals surface area contributed by atoms with Crippen molar-refractivity contribution in [1.29, 1.82) is 0 Å². The second-order valence-electron chi connectivity index (χ2n) is 2.36. The largest absolute Gasteiger partial charge is 0.495 e. The number of nitrogen functional groups attached to an aromatic ring is 1. The van der Waals surface area contributed by atoms with Crippen molar-refractivity contribution in [3.05, 3.63) is 23.8 Å². The van der Waals surface area contributed by atoms with E-state index in [0.29, 0.717) is 11.4 Å². The van der Waals surface area contributed by atoms with Crippen LogP contribution in [0.3, 0.4) is 0 Å². The van der Waals surface area contributed by atoms with E-state index in [1.54, 1.807) is 6.07 Å². The molecule has 0 bridgehead atoms. The monoisotopic (exact) mass is 182 g/mol. The number of rotatable bonds is 3. The van der Waals surface area contributed by atoms with Crippen LogP contribution in [0.1, 0.15) is 10.4 Å². The molecule has 1 aromatic rings. The fourth-order valence-electron chi connectivity index (χ4n) is 0.954. The molecular formula is C8H10N2O3. The molecule has 0 heterocycles. The number of carboxylic acids is 1. The molecule has 0 saturated carbocycles. The van der Waals surface area contributed by atoms with Crippen molar-refractivity contribution in [2.45, 2.75) is 0 Å². The molecule has 5 nitrogen and oxygen atoms in total. The normalized spacial score (nSPS) is 9.38. The highest BCUT2D eigenvalue weighted by Gasteiger charge is 2.07. The van der Waals surface area contributed by atoms with Crippen molar-refractivity contribution in [2.24, 2.45) is 5.84 Å². The van der Waals surface area contributed by atoms with Gasteiger partial charge < -0.3 is 15.3 Å². The number of carbonyl (C=O) groups is 1. The number of hydrazine groups is 1. The van der Waals surface area contributed by atoms with E-state index in [1.807, 2.05) is 0 Å². The molecule has 1 aromatic carbocycles. The number of hydrogen-bond acceptors (Lipinski definition) is 4. The summed E-state index contributed by atoms with van der Waals surface area (Å²) in [6, 6.07) is 4.39. The summed E-state index contributed by atoms with van der Waals surface area (Å²) in [5.74, 6) is 4.68. The molecule has 70 valence electrons. The van der Waals surface area contributed by atoms with Crippen LogP contribution in [0.5, 0.6) is 5.75 Å². The summed E-state index contributed by atoms with van der Waals surface area (Å²) < 4.78 is 4.94. The number of methoxy groups -OCH3 is 1. The van der Waals surface area contributed by atoms with Crippen LogP contribution in [0.2, 0.25) is 0 Å². The van der Waals surface area contributed by atoms with Crippen molar-refractivity contribution in [3.8, 4) is 5.75 Å². The maximum atomic E-state index is 10.6. The second kappa shape index (κ2) is 3.77. The van der Waals surface area contributed by atoms with Crippen molar-refractivity contribution < 1.29 is 14.6 Å². The highest BCUT2D eigenvalue weighted by Crippen LogP contribution is 2.24. The zero-order chi connectivity index (χ0) is 9.84. The molecular weight excluding hydrogens is 172 g/mol. The summed E-state index contributed by atoms with van der Waals surface area (Å²) in [5, 5.41) is 8.66. The molecule has 0 amide bonds. The first-order valence-corrected chi connectivity index (χ1v) is 3.57. The Labute approximate surface area is 75.1 Å². The Hall–Kier alpha value is -1.75. The Morgan fingerprint density at radius 3 is 2.77 bits per heavy atom. The smallest absolute Gasteiger partial charge is 0.335 e. The van der Waals surface area contributed by atoms with E-state index >= 15 is 0 Å². The zero-order valence-electron chi connectivity index (χ0n) is 7.07. The molecule has 0 saturated heterocycles. The number of carboxylic acid groups (broad SMARTS) is 1. The molecule has 0 aromatic heterocycles. The van der Waals surface area contributed by atoms with Gasteiger partial charge in [0.05, 0.1) is 18.4 Å². The molecule has 5 heteroatoms. The molecule has 0 aliphatic heterocycles. The van der Waals surface area contributed by atoms with Crippen LogP contribution < -0.4 is 16.0 Å². The highest BCUT2D eigenvalue weighted by molar-refractivity contribution is 5.89. The van der Waals surface area contributed by atoms with Gasteiger partial charge in [-0.15, -0.1) is 0 Å². The third-order valence-corrected chi connectivity index (χ3v) is 1.60. The van der Waals surface area contributed by atoms with Gasteiger partial charge in [-0.25, -0.2) is 4.79 Å². The summed E-state index contributed by atoms with van der Waals surface area (Å²) in [6.07, 6.45) is 0. The fourth-order valence-corrected chi connectivity index (χ4v) is 0.954. The van der Waals surface area contributed by atoms with Crippen molar-refractivity contribution in [1.82, 2.24) is 0 Å². The van der Waals surface area contributed by atoms with Gasteiger partial charge in [0.25, 0.3) is 0 Å². The number of hydrogen-bond donors (Lipinski definition) is 3. The Balaban J connectivity index is 3.13. The third kappa shape index (κ3) is 1.88. The van der Waals surface area contributed by atoms with Crippen LogP contribution in [0.4, 0.5) is 5.69 Å². The Kier molecular flexibility index (Phi) is 2.71. The number of ether oxygens (including phenoxy) is 1. The lowest BCUT2D eigenvalue weighted by atomic mass is 10.2. The first kappa shape index (κ1) is 9.34. The maximum absolute atomic E-state index is 10.6. The van der Waals surface area contributed by atoms with Crippen LogP contribution >= 0.6 is 0 Å². The van der Waals surface area contributed by atoms with Gasteiger partial charge in [0.1, 0.15) is 5.75 Å². The van der Waals surface area contributed by atoms with Gasteiger partial charge >= 0.3 is 5.97 Å². The maximum Gasteiger partial charge on any atom is 0.335 e. The van der Waals surface area contributed by atoms with Crippen molar-refractivity contribution >= 4 is 11.7 Å². The lowest BCUT2D eigenvalue weighted by molar-refractivity contribution is 0.0697. The van der Waals surface area contributed by atoms with Crippen LogP contribution in [0.15, 0.2) is 18.2 Å². The lowest BCUT2D eigenvalue weighted by Crippen LogP contribution is -2.09. The molecule has 0 radical (unpaired) electrons. The van der Waals surface area contributed by atoms with Gasteiger partial charge in [0.15, 0.2) is 0 Å². The predicted molar refractivity (Wildman–Crippen MR) is 47.8 cm³/mol. The SMILES string of the molecule is COc1ccc(C(=O)O)cc1NN. The number of nitrogens with two attached hydrogens (primary N) is 1.